The third-order valence-corrected chi connectivity index (χ3v) is 4.81. The molecular formula is C26H54N2O3. The maximum Gasteiger partial charge on any atom is 0.222 e. The lowest BCUT2D eigenvalue weighted by Gasteiger charge is -2.35. The molecule has 0 aromatic heterocycles. The molecule has 0 bridgehead atoms. The Hall–Kier alpha value is -1.10. The molecule has 0 saturated heterocycles. The zero-order valence-corrected chi connectivity index (χ0v) is 22.5. The second-order valence-electron chi connectivity index (χ2n) is 10.5. The first-order chi connectivity index (χ1) is 14.4. The second-order valence-corrected chi connectivity index (χ2v) is 10.5. The van der Waals surface area contributed by atoms with Gasteiger partial charge in [-0.3, -0.25) is 9.59 Å². The minimum Gasteiger partial charge on any atom is -0.380 e. The Bertz CT molecular complexity index is 473. The summed E-state index contributed by atoms with van der Waals surface area (Å²) in [7, 11) is 0. The van der Waals surface area contributed by atoms with Gasteiger partial charge in [0.2, 0.25) is 11.8 Å². The van der Waals surface area contributed by atoms with Crippen LogP contribution < -0.4 is 5.32 Å². The van der Waals surface area contributed by atoms with Gasteiger partial charge in [0.25, 0.3) is 0 Å². The third-order valence-electron chi connectivity index (χ3n) is 4.81. The molecule has 0 spiro atoms. The number of rotatable bonds is 16. The summed E-state index contributed by atoms with van der Waals surface area (Å²) in [6.45, 7) is 24.3. The van der Waals surface area contributed by atoms with Crippen molar-refractivity contribution in [2.75, 3.05) is 32.8 Å². The number of ether oxygens (including phenoxy) is 1. The van der Waals surface area contributed by atoms with E-state index in [9.17, 15) is 9.59 Å². The Kier molecular flexibility index (Phi) is 18.1. The number of unbranched alkanes of at least 4 members (excludes halogenated alkanes) is 2. The molecular weight excluding hydrogens is 388 g/mol. The van der Waals surface area contributed by atoms with Gasteiger partial charge in [-0.05, 0) is 18.8 Å². The SMILES string of the molecule is CC.CCCCC(=O)NCC(C)(C)COCC(C)(C)CN(CC(C)C)C(=O)CCCC. The first kappa shape index (κ1) is 32.1. The molecule has 2 amide bonds. The van der Waals surface area contributed by atoms with E-state index in [1.165, 1.54) is 0 Å². The van der Waals surface area contributed by atoms with Crippen LogP contribution in [0.4, 0.5) is 0 Å². The Morgan fingerprint density at radius 2 is 1.42 bits per heavy atom. The number of nitrogens with zero attached hydrogens (tertiary/aromatic N) is 1. The summed E-state index contributed by atoms with van der Waals surface area (Å²) in [6.07, 6.45) is 5.17. The van der Waals surface area contributed by atoms with Crippen LogP contribution in [-0.2, 0) is 14.3 Å². The molecule has 5 heteroatoms. The van der Waals surface area contributed by atoms with E-state index in [0.29, 0.717) is 45.1 Å². The van der Waals surface area contributed by atoms with Crippen LogP contribution in [0.15, 0.2) is 0 Å². The second kappa shape index (κ2) is 17.5. The Morgan fingerprint density at radius 1 is 0.903 bits per heavy atom. The summed E-state index contributed by atoms with van der Waals surface area (Å²) in [5.74, 6) is 0.825. The van der Waals surface area contributed by atoms with Crippen LogP contribution in [0.5, 0.6) is 0 Å². The van der Waals surface area contributed by atoms with Crippen LogP contribution in [0.25, 0.3) is 0 Å². The minimum atomic E-state index is -0.119. The topological polar surface area (TPSA) is 58.6 Å². The highest BCUT2D eigenvalue weighted by atomic mass is 16.5. The molecule has 0 radical (unpaired) electrons. The highest BCUT2D eigenvalue weighted by molar-refractivity contribution is 5.76. The fraction of sp³-hybridized carbons (Fsp3) is 0.923. The van der Waals surface area contributed by atoms with Crippen LogP contribution in [0.2, 0.25) is 0 Å². The molecule has 0 aliphatic rings. The molecule has 0 heterocycles. The Labute approximate surface area is 194 Å². The van der Waals surface area contributed by atoms with Crippen molar-refractivity contribution in [2.24, 2.45) is 16.7 Å². The molecule has 0 aromatic carbocycles. The summed E-state index contributed by atoms with van der Waals surface area (Å²) in [6, 6.07) is 0. The summed E-state index contributed by atoms with van der Waals surface area (Å²) in [4.78, 5) is 26.5. The van der Waals surface area contributed by atoms with Gasteiger partial charge in [-0.1, -0.05) is 82.1 Å². The van der Waals surface area contributed by atoms with E-state index >= 15 is 0 Å². The number of carbonyl (C=O) groups excluding carboxylic acids is 2. The van der Waals surface area contributed by atoms with E-state index < -0.39 is 0 Å². The van der Waals surface area contributed by atoms with Crippen LogP contribution in [0.1, 0.15) is 108 Å². The van der Waals surface area contributed by atoms with Crippen molar-refractivity contribution in [1.82, 2.24) is 10.2 Å². The highest BCUT2D eigenvalue weighted by Gasteiger charge is 2.27. The maximum absolute atomic E-state index is 12.6. The predicted octanol–water partition coefficient (Wildman–Crippen LogP) is 6.06. The van der Waals surface area contributed by atoms with E-state index in [-0.39, 0.29) is 22.6 Å². The number of carbonyl (C=O) groups is 2. The standard InChI is InChI=1S/C24H48N2O3.C2H6/c1-9-11-13-21(27)25-16-23(5,6)18-29-19-24(7,8)17-26(15-20(3)4)22(28)14-12-10-2;1-2/h20H,9-19H2,1-8H3,(H,25,27);1-2H3. The van der Waals surface area contributed by atoms with Crippen LogP contribution in [-0.4, -0.2) is 49.6 Å². The van der Waals surface area contributed by atoms with E-state index in [2.05, 4.69) is 60.7 Å². The van der Waals surface area contributed by atoms with Crippen molar-refractivity contribution in [3.05, 3.63) is 0 Å². The van der Waals surface area contributed by atoms with Gasteiger partial charge in [-0.25, -0.2) is 0 Å². The first-order valence-electron chi connectivity index (χ1n) is 12.5. The molecule has 0 rings (SSSR count). The molecule has 0 aromatic rings. The maximum atomic E-state index is 12.6. The van der Waals surface area contributed by atoms with Crippen LogP contribution >= 0.6 is 0 Å². The number of hydrogen-bond donors (Lipinski definition) is 1. The summed E-state index contributed by atoms with van der Waals surface area (Å²) >= 11 is 0. The van der Waals surface area contributed by atoms with E-state index in [1.54, 1.807) is 0 Å². The largest absolute Gasteiger partial charge is 0.380 e. The number of hydrogen-bond acceptors (Lipinski definition) is 3. The summed E-state index contributed by atoms with van der Waals surface area (Å²) < 4.78 is 6.05. The molecule has 1 N–H and O–H groups in total. The highest BCUT2D eigenvalue weighted by Crippen LogP contribution is 2.22. The quantitative estimate of drug-likeness (QED) is 0.316. The van der Waals surface area contributed by atoms with Crippen molar-refractivity contribution in [3.8, 4) is 0 Å². The molecule has 0 saturated carbocycles. The van der Waals surface area contributed by atoms with Gasteiger partial charge in [-0.15, -0.1) is 0 Å². The Morgan fingerprint density at radius 3 is 1.94 bits per heavy atom. The van der Waals surface area contributed by atoms with E-state index in [1.807, 2.05) is 18.7 Å². The molecule has 31 heavy (non-hydrogen) atoms. The zero-order valence-electron chi connectivity index (χ0n) is 22.5. The lowest BCUT2D eigenvalue weighted by molar-refractivity contribution is -0.134. The molecule has 0 fully saturated rings. The molecule has 5 nitrogen and oxygen atoms in total. The monoisotopic (exact) mass is 442 g/mol. The molecule has 186 valence electrons. The first-order valence-corrected chi connectivity index (χ1v) is 12.5. The molecule has 0 aliphatic heterocycles. The third kappa shape index (κ3) is 18.2. The van der Waals surface area contributed by atoms with Crippen LogP contribution in [0, 0.1) is 16.7 Å². The fourth-order valence-electron chi connectivity index (χ4n) is 3.16. The molecule has 0 aliphatic carbocycles. The minimum absolute atomic E-state index is 0.114. The zero-order chi connectivity index (χ0) is 24.5. The van der Waals surface area contributed by atoms with Crippen molar-refractivity contribution in [2.45, 2.75) is 108 Å². The van der Waals surface area contributed by atoms with Gasteiger partial charge >= 0.3 is 0 Å². The fourth-order valence-corrected chi connectivity index (χ4v) is 3.16. The van der Waals surface area contributed by atoms with E-state index in [0.717, 1.165) is 32.2 Å². The number of nitrogens with one attached hydrogen (secondary N) is 1. The normalized spacial score (nSPS) is 11.7. The van der Waals surface area contributed by atoms with Crippen molar-refractivity contribution in [1.29, 1.82) is 0 Å². The smallest absolute Gasteiger partial charge is 0.222 e. The lowest BCUT2D eigenvalue weighted by Crippen LogP contribution is -2.43. The van der Waals surface area contributed by atoms with Gasteiger partial charge in [0.1, 0.15) is 0 Å². The Balaban J connectivity index is 0. The van der Waals surface area contributed by atoms with Crippen molar-refractivity contribution < 1.29 is 14.3 Å². The molecule has 0 atom stereocenters. The van der Waals surface area contributed by atoms with Crippen molar-refractivity contribution >= 4 is 11.8 Å². The van der Waals surface area contributed by atoms with Crippen molar-refractivity contribution in [3.63, 3.8) is 0 Å². The lowest BCUT2D eigenvalue weighted by atomic mass is 9.92. The summed E-state index contributed by atoms with van der Waals surface area (Å²) in [5, 5.41) is 3.02. The summed E-state index contributed by atoms with van der Waals surface area (Å²) in [5.41, 5.74) is -0.232. The van der Waals surface area contributed by atoms with Gasteiger partial charge in [0, 0.05) is 43.3 Å². The van der Waals surface area contributed by atoms with Gasteiger partial charge in [-0.2, -0.15) is 0 Å². The number of amides is 2. The van der Waals surface area contributed by atoms with Gasteiger partial charge in [0.15, 0.2) is 0 Å². The van der Waals surface area contributed by atoms with E-state index in [4.69, 9.17) is 4.74 Å². The van der Waals surface area contributed by atoms with Gasteiger partial charge in [0.05, 0.1) is 13.2 Å². The molecule has 0 unspecified atom stereocenters. The average molecular weight is 443 g/mol. The predicted molar refractivity (Wildman–Crippen MR) is 133 cm³/mol. The van der Waals surface area contributed by atoms with Gasteiger partial charge < -0.3 is 15.0 Å². The average Bonchev–Trinajstić information content (AvgIpc) is 2.69. The van der Waals surface area contributed by atoms with Crippen LogP contribution in [0.3, 0.4) is 0 Å².